The molecule has 5 nitrogen and oxygen atoms in total. The average Bonchev–Trinajstić information content (AvgIpc) is 2.41. The van der Waals surface area contributed by atoms with Gasteiger partial charge in [-0.25, -0.2) is 4.98 Å². The predicted molar refractivity (Wildman–Crippen MR) is 71.8 cm³/mol. The van der Waals surface area contributed by atoms with E-state index >= 15 is 0 Å². The molecule has 1 unspecified atom stereocenters. The fourth-order valence-electron chi connectivity index (χ4n) is 2.09. The summed E-state index contributed by atoms with van der Waals surface area (Å²) in [6, 6.07) is 5.87. The summed E-state index contributed by atoms with van der Waals surface area (Å²) < 4.78 is 0. The van der Waals surface area contributed by atoms with Crippen LogP contribution in [0.15, 0.2) is 18.2 Å². The maximum absolute atomic E-state index is 12.3. The monoisotopic (exact) mass is 248 g/mol. The molecule has 1 aromatic rings. The Morgan fingerprint density at radius 2 is 2.22 bits per heavy atom. The van der Waals surface area contributed by atoms with Crippen LogP contribution >= 0.6 is 0 Å². The summed E-state index contributed by atoms with van der Waals surface area (Å²) >= 11 is 0. The predicted octanol–water partition coefficient (Wildman–Crippen LogP) is 0.899. The van der Waals surface area contributed by atoms with E-state index in [0.717, 1.165) is 25.5 Å². The average molecular weight is 248 g/mol. The number of piperazine rings is 1. The molecule has 2 rings (SSSR count). The Hall–Kier alpha value is -1.62. The normalized spacial score (nSPS) is 20.8. The van der Waals surface area contributed by atoms with Crippen molar-refractivity contribution in [3.8, 4) is 0 Å². The van der Waals surface area contributed by atoms with E-state index in [-0.39, 0.29) is 5.91 Å². The summed E-state index contributed by atoms with van der Waals surface area (Å²) in [5.41, 5.74) is 0.513. The van der Waals surface area contributed by atoms with Gasteiger partial charge in [0, 0.05) is 32.7 Å². The van der Waals surface area contributed by atoms with Gasteiger partial charge in [0.15, 0.2) is 0 Å². The first-order chi connectivity index (χ1) is 8.61. The van der Waals surface area contributed by atoms with Crippen LogP contribution in [0.1, 0.15) is 17.4 Å². The molecule has 1 atom stereocenters. The molecule has 0 radical (unpaired) electrons. The lowest BCUT2D eigenvalue weighted by atomic mass is 10.2. The quantitative estimate of drug-likeness (QED) is 0.845. The van der Waals surface area contributed by atoms with E-state index in [1.165, 1.54) is 0 Å². The van der Waals surface area contributed by atoms with Crippen LogP contribution in [0.4, 0.5) is 5.82 Å². The zero-order valence-corrected chi connectivity index (χ0v) is 11.2. The van der Waals surface area contributed by atoms with Gasteiger partial charge in [-0.05, 0) is 26.1 Å². The number of anilines is 1. The second-order valence-corrected chi connectivity index (χ2v) is 4.74. The minimum absolute atomic E-state index is 0.0204. The summed E-state index contributed by atoms with van der Waals surface area (Å²) in [5, 5.41) is 2.95. The van der Waals surface area contributed by atoms with Crippen LogP contribution in [-0.2, 0) is 0 Å². The van der Waals surface area contributed by atoms with Crippen molar-refractivity contribution in [3.63, 3.8) is 0 Å². The molecule has 1 N–H and O–H groups in total. The molecule has 1 aliphatic rings. The smallest absolute Gasteiger partial charge is 0.272 e. The first-order valence-corrected chi connectivity index (χ1v) is 6.26. The molecule has 1 aliphatic heterocycles. The molecule has 18 heavy (non-hydrogen) atoms. The molecule has 0 bridgehead atoms. The summed E-state index contributed by atoms with van der Waals surface area (Å²) in [6.45, 7) is 4.58. The number of hydrogen-bond acceptors (Lipinski definition) is 4. The third-order valence-electron chi connectivity index (χ3n) is 3.47. The Labute approximate surface area is 108 Å². The Kier molecular flexibility index (Phi) is 3.81. The maximum Gasteiger partial charge on any atom is 0.272 e. The third-order valence-corrected chi connectivity index (χ3v) is 3.47. The number of nitrogens with one attached hydrogen (secondary N) is 1. The molecular weight excluding hydrogens is 228 g/mol. The minimum Gasteiger partial charge on any atom is -0.373 e. The van der Waals surface area contributed by atoms with E-state index in [0.29, 0.717) is 11.7 Å². The van der Waals surface area contributed by atoms with Crippen LogP contribution in [-0.4, -0.2) is 60.5 Å². The summed E-state index contributed by atoms with van der Waals surface area (Å²) in [7, 11) is 3.89. The number of carbonyl (C=O) groups is 1. The number of rotatable bonds is 2. The highest BCUT2D eigenvalue weighted by Crippen LogP contribution is 2.12. The topological polar surface area (TPSA) is 48.5 Å². The minimum atomic E-state index is 0.0204. The Bertz CT molecular complexity index is 435. The van der Waals surface area contributed by atoms with Gasteiger partial charge in [-0.2, -0.15) is 0 Å². The molecule has 0 saturated carbocycles. The molecule has 98 valence electrons. The zero-order valence-electron chi connectivity index (χ0n) is 11.2. The first-order valence-electron chi connectivity index (χ1n) is 6.26. The Balaban J connectivity index is 2.11. The van der Waals surface area contributed by atoms with Crippen molar-refractivity contribution < 1.29 is 4.79 Å². The number of nitrogens with zero attached hydrogens (tertiary/aromatic N) is 3. The zero-order chi connectivity index (χ0) is 13.1. The fraction of sp³-hybridized carbons (Fsp3) is 0.538. The molecular formula is C13H20N4O. The Morgan fingerprint density at radius 1 is 1.44 bits per heavy atom. The van der Waals surface area contributed by atoms with Crippen molar-refractivity contribution in [3.05, 3.63) is 23.9 Å². The highest BCUT2D eigenvalue weighted by molar-refractivity contribution is 5.92. The standard InChI is InChI=1S/C13H20N4O/c1-10-9-17(8-7-16(10)3)13(18)11-5-4-6-12(14-2)15-11/h4-6,10H,7-9H2,1-3H3,(H,14,15). The largest absolute Gasteiger partial charge is 0.373 e. The van der Waals surface area contributed by atoms with Gasteiger partial charge in [-0.3, -0.25) is 4.79 Å². The van der Waals surface area contributed by atoms with Gasteiger partial charge in [-0.15, -0.1) is 0 Å². The van der Waals surface area contributed by atoms with E-state index in [9.17, 15) is 4.79 Å². The van der Waals surface area contributed by atoms with E-state index in [1.54, 1.807) is 13.1 Å². The van der Waals surface area contributed by atoms with Crippen LogP contribution in [0.5, 0.6) is 0 Å². The van der Waals surface area contributed by atoms with Crippen molar-refractivity contribution >= 4 is 11.7 Å². The second-order valence-electron chi connectivity index (χ2n) is 4.74. The number of amides is 1. The van der Waals surface area contributed by atoms with Crippen molar-refractivity contribution in [1.82, 2.24) is 14.8 Å². The highest BCUT2D eigenvalue weighted by atomic mass is 16.2. The van der Waals surface area contributed by atoms with E-state index in [2.05, 4.69) is 29.2 Å². The number of hydrogen-bond donors (Lipinski definition) is 1. The van der Waals surface area contributed by atoms with Crippen LogP contribution in [0.25, 0.3) is 0 Å². The summed E-state index contributed by atoms with van der Waals surface area (Å²) in [4.78, 5) is 20.8. The van der Waals surface area contributed by atoms with Crippen molar-refractivity contribution in [2.45, 2.75) is 13.0 Å². The third kappa shape index (κ3) is 2.61. The molecule has 0 spiro atoms. The second kappa shape index (κ2) is 5.35. The molecule has 1 amide bonds. The van der Waals surface area contributed by atoms with Gasteiger partial charge in [0.05, 0.1) is 0 Å². The lowest BCUT2D eigenvalue weighted by Gasteiger charge is -2.37. The number of likely N-dealkylation sites (N-methyl/N-ethyl adjacent to an activating group) is 1. The summed E-state index contributed by atoms with van der Waals surface area (Å²) in [6.07, 6.45) is 0. The molecule has 1 fully saturated rings. The molecule has 2 heterocycles. The molecule has 1 saturated heterocycles. The number of carbonyl (C=O) groups excluding carboxylic acids is 1. The van der Waals surface area contributed by atoms with Crippen LogP contribution < -0.4 is 5.32 Å². The van der Waals surface area contributed by atoms with E-state index in [1.807, 2.05) is 17.0 Å². The highest BCUT2D eigenvalue weighted by Gasteiger charge is 2.25. The van der Waals surface area contributed by atoms with Crippen molar-refractivity contribution in [2.75, 3.05) is 39.0 Å². The molecule has 1 aromatic heterocycles. The molecule has 0 aliphatic carbocycles. The Morgan fingerprint density at radius 3 is 2.89 bits per heavy atom. The lowest BCUT2D eigenvalue weighted by Crippen LogP contribution is -2.52. The lowest BCUT2D eigenvalue weighted by molar-refractivity contribution is 0.0567. The van der Waals surface area contributed by atoms with Crippen LogP contribution in [0, 0.1) is 0 Å². The molecule has 0 aromatic carbocycles. The van der Waals surface area contributed by atoms with Gasteiger partial charge < -0.3 is 15.1 Å². The van der Waals surface area contributed by atoms with Gasteiger partial charge in [0.1, 0.15) is 11.5 Å². The number of pyridine rings is 1. The van der Waals surface area contributed by atoms with Crippen LogP contribution in [0.3, 0.4) is 0 Å². The van der Waals surface area contributed by atoms with E-state index < -0.39 is 0 Å². The van der Waals surface area contributed by atoms with Crippen molar-refractivity contribution in [2.24, 2.45) is 0 Å². The summed E-state index contributed by atoms with van der Waals surface area (Å²) in [5.74, 6) is 0.745. The SMILES string of the molecule is CNc1cccc(C(=O)N2CCN(C)C(C)C2)n1. The molecule has 5 heteroatoms. The fourth-order valence-corrected chi connectivity index (χ4v) is 2.09. The number of aromatic nitrogens is 1. The van der Waals surface area contributed by atoms with Gasteiger partial charge in [-0.1, -0.05) is 6.07 Å². The van der Waals surface area contributed by atoms with Crippen molar-refractivity contribution in [1.29, 1.82) is 0 Å². The van der Waals surface area contributed by atoms with Gasteiger partial charge in [0.2, 0.25) is 0 Å². The first kappa shape index (κ1) is 12.8. The maximum atomic E-state index is 12.3. The van der Waals surface area contributed by atoms with Gasteiger partial charge in [0.25, 0.3) is 5.91 Å². The van der Waals surface area contributed by atoms with Gasteiger partial charge >= 0.3 is 0 Å². The van der Waals surface area contributed by atoms with E-state index in [4.69, 9.17) is 0 Å². The van der Waals surface area contributed by atoms with Crippen LogP contribution in [0.2, 0.25) is 0 Å².